The van der Waals surface area contributed by atoms with Gasteiger partial charge in [-0.05, 0) is 62.5 Å². The average Bonchev–Trinajstić information content (AvgIpc) is 2.98. The van der Waals surface area contributed by atoms with E-state index in [1.807, 2.05) is 13.8 Å². The van der Waals surface area contributed by atoms with Crippen molar-refractivity contribution in [3.05, 3.63) is 18.0 Å². The fourth-order valence-electron chi connectivity index (χ4n) is 5.47. The van der Waals surface area contributed by atoms with Gasteiger partial charge in [-0.15, -0.1) is 0 Å². The first kappa shape index (κ1) is 19.8. The van der Waals surface area contributed by atoms with Crippen LogP contribution in [0.25, 0.3) is 0 Å². The van der Waals surface area contributed by atoms with Gasteiger partial charge in [-0.25, -0.2) is 9.97 Å². The Kier molecular flexibility index (Phi) is 6.00. The van der Waals surface area contributed by atoms with Crippen molar-refractivity contribution in [2.75, 3.05) is 24.5 Å². The van der Waals surface area contributed by atoms with Crippen LogP contribution in [0.2, 0.25) is 0 Å². The van der Waals surface area contributed by atoms with Gasteiger partial charge in [0.25, 0.3) is 0 Å². The van der Waals surface area contributed by atoms with Gasteiger partial charge < -0.3 is 4.90 Å². The van der Waals surface area contributed by atoms with E-state index in [2.05, 4.69) is 29.1 Å². The highest BCUT2D eigenvalue weighted by molar-refractivity contribution is 5.80. The molecular weight excluding hydrogens is 348 g/mol. The smallest absolute Gasteiger partial charge is 0.225 e. The second-order valence-electron chi connectivity index (χ2n) is 9.50. The Balaban J connectivity index is 1.34. The van der Waals surface area contributed by atoms with Crippen molar-refractivity contribution in [2.45, 2.75) is 83.7 Å². The maximum Gasteiger partial charge on any atom is 0.225 e. The van der Waals surface area contributed by atoms with Crippen molar-refractivity contribution in [1.29, 1.82) is 0 Å². The zero-order valence-electron chi connectivity index (χ0n) is 17.8. The first-order valence-electron chi connectivity index (χ1n) is 11.4. The number of Topliss-reactive ketones (excluding diaryl/α,β-unsaturated/α-hetero) is 1. The number of anilines is 1. The molecule has 3 heterocycles. The van der Waals surface area contributed by atoms with Crippen LogP contribution in [0, 0.1) is 11.8 Å². The summed E-state index contributed by atoms with van der Waals surface area (Å²) in [6, 6.07) is 1.16. The van der Waals surface area contributed by atoms with Gasteiger partial charge in [0.05, 0.1) is 0 Å². The molecule has 28 heavy (non-hydrogen) atoms. The third-order valence-corrected chi connectivity index (χ3v) is 7.35. The molecule has 1 saturated carbocycles. The summed E-state index contributed by atoms with van der Waals surface area (Å²) < 4.78 is 0. The molecule has 2 aliphatic heterocycles. The Bertz CT molecular complexity index is 652. The Labute approximate surface area is 169 Å². The minimum Gasteiger partial charge on any atom is -0.332 e. The molecule has 0 spiro atoms. The number of likely N-dealkylation sites (N-methyl/N-ethyl adjacent to an activating group) is 1. The summed E-state index contributed by atoms with van der Waals surface area (Å²) in [6.07, 6.45) is 12.1. The molecule has 0 aromatic carbocycles. The maximum atomic E-state index is 12.0. The van der Waals surface area contributed by atoms with Crippen LogP contribution in [-0.2, 0) is 4.79 Å². The monoisotopic (exact) mass is 384 g/mol. The van der Waals surface area contributed by atoms with Gasteiger partial charge in [0.1, 0.15) is 5.78 Å². The summed E-state index contributed by atoms with van der Waals surface area (Å²) in [7, 11) is 0. The zero-order valence-corrected chi connectivity index (χ0v) is 17.8. The van der Waals surface area contributed by atoms with E-state index in [4.69, 9.17) is 9.97 Å². The summed E-state index contributed by atoms with van der Waals surface area (Å²) in [4.78, 5) is 26.7. The minimum atomic E-state index is 0.174. The zero-order chi connectivity index (χ0) is 19.7. The molecule has 2 unspecified atom stereocenters. The highest BCUT2D eigenvalue weighted by Gasteiger charge is 2.40. The second kappa shape index (κ2) is 8.48. The topological polar surface area (TPSA) is 49.3 Å². The molecule has 1 aromatic rings. The van der Waals surface area contributed by atoms with Crippen molar-refractivity contribution in [1.82, 2.24) is 14.9 Å². The molecule has 5 nitrogen and oxygen atoms in total. The van der Waals surface area contributed by atoms with Crippen molar-refractivity contribution in [3.63, 3.8) is 0 Å². The number of piperazine rings is 1. The van der Waals surface area contributed by atoms with Crippen LogP contribution in [0.5, 0.6) is 0 Å². The van der Waals surface area contributed by atoms with E-state index >= 15 is 0 Å². The number of aromatic nitrogens is 2. The van der Waals surface area contributed by atoms with Gasteiger partial charge in [-0.3, -0.25) is 9.69 Å². The van der Waals surface area contributed by atoms with E-state index in [9.17, 15) is 4.79 Å². The lowest BCUT2D eigenvalue weighted by molar-refractivity contribution is -0.123. The second-order valence-corrected chi connectivity index (χ2v) is 9.50. The lowest BCUT2D eigenvalue weighted by Crippen LogP contribution is -2.54. The third kappa shape index (κ3) is 4.10. The molecule has 0 amide bonds. The molecule has 1 aromatic heterocycles. The summed E-state index contributed by atoms with van der Waals surface area (Å²) in [5, 5.41) is 0. The van der Waals surface area contributed by atoms with Gasteiger partial charge in [0.15, 0.2) is 0 Å². The normalized spacial score (nSPS) is 30.8. The standard InChI is InChI=1S/C23H36N4O/c1-4-26-14-20-9-10-21(15-26)27(20)23-24-12-19(13-25-23)18-7-5-17(6-8-18)11-22(28)16(2)3/h12-13,16-18,20-21H,4-11,14-15H2,1-3H3/t17-,18-,20?,21?. The van der Waals surface area contributed by atoms with E-state index in [0.717, 1.165) is 44.8 Å². The van der Waals surface area contributed by atoms with Crippen LogP contribution in [0.4, 0.5) is 5.95 Å². The molecule has 1 aliphatic carbocycles. The van der Waals surface area contributed by atoms with Crippen LogP contribution in [-0.4, -0.2) is 52.4 Å². The first-order valence-corrected chi connectivity index (χ1v) is 11.4. The lowest BCUT2D eigenvalue weighted by atomic mass is 9.77. The van der Waals surface area contributed by atoms with Crippen molar-refractivity contribution >= 4 is 11.7 Å². The number of ketones is 1. The largest absolute Gasteiger partial charge is 0.332 e. The van der Waals surface area contributed by atoms with E-state index in [1.165, 1.54) is 31.2 Å². The predicted molar refractivity (Wildman–Crippen MR) is 113 cm³/mol. The summed E-state index contributed by atoms with van der Waals surface area (Å²) in [5.74, 6) is 2.68. The van der Waals surface area contributed by atoms with Crippen LogP contribution in [0.15, 0.2) is 12.4 Å². The lowest BCUT2D eigenvalue weighted by Gasteiger charge is -2.40. The molecule has 2 atom stereocenters. The van der Waals surface area contributed by atoms with Gasteiger partial charge in [-0.1, -0.05) is 20.8 Å². The molecule has 2 saturated heterocycles. The average molecular weight is 385 g/mol. The van der Waals surface area contributed by atoms with E-state index in [1.54, 1.807) is 0 Å². The van der Waals surface area contributed by atoms with Gasteiger partial charge in [-0.2, -0.15) is 0 Å². The molecule has 154 valence electrons. The van der Waals surface area contributed by atoms with Gasteiger partial charge in [0.2, 0.25) is 5.95 Å². The number of carbonyl (C=O) groups excluding carboxylic acids is 1. The van der Waals surface area contributed by atoms with Crippen molar-refractivity contribution in [3.8, 4) is 0 Å². The highest BCUT2D eigenvalue weighted by atomic mass is 16.1. The van der Waals surface area contributed by atoms with Crippen LogP contribution in [0.3, 0.4) is 0 Å². The van der Waals surface area contributed by atoms with Crippen molar-refractivity contribution < 1.29 is 4.79 Å². The Morgan fingerprint density at radius 3 is 2.18 bits per heavy atom. The summed E-state index contributed by atoms with van der Waals surface area (Å²) >= 11 is 0. The highest BCUT2D eigenvalue weighted by Crippen LogP contribution is 2.38. The van der Waals surface area contributed by atoms with Crippen LogP contribution in [0.1, 0.15) is 77.2 Å². The Morgan fingerprint density at radius 2 is 1.64 bits per heavy atom. The molecule has 0 radical (unpaired) electrons. The van der Waals surface area contributed by atoms with E-state index < -0.39 is 0 Å². The molecule has 3 aliphatic rings. The SMILES string of the molecule is CCN1CC2CCC(C1)N2c1ncc([C@H]2CC[C@H](CC(=O)C(C)C)CC2)cn1. The van der Waals surface area contributed by atoms with Crippen LogP contribution < -0.4 is 4.90 Å². The fourth-order valence-corrected chi connectivity index (χ4v) is 5.47. The molecule has 2 bridgehead atoms. The maximum absolute atomic E-state index is 12.0. The third-order valence-electron chi connectivity index (χ3n) is 7.35. The Morgan fingerprint density at radius 1 is 1.04 bits per heavy atom. The number of hydrogen-bond acceptors (Lipinski definition) is 5. The van der Waals surface area contributed by atoms with E-state index in [0.29, 0.717) is 29.7 Å². The summed E-state index contributed by atoms with van der Waals surface area (Å²) in [5.41, 5.74) is 1.29. The van der Waals surface area contributed by atoms with E-state index in [-0.39, 0.29) is 5.92 Å². The number of fused-ring (bicyclic) bond motifs is 2. The fraction of sp³-hybridized carbons (Fsp3) is 0.783. The number of nitrogens with zero attached hydrogens (tertiary/aromatic N) is 4. The minimum absolute atomic E-state index is 0.174. The molecule has 0 N–H and O–H groups in total. The number of likely N-dealkylation sites (tertiary alicyclic amines) is 1. The predicted octanol–water partition coefficient (Wildman–Crippen LogP) is 4.04. The van der Waals surface area contributed by atoms with Crippen molar-refractivity contribution in [2.24, 2.45) is 11.8 Å². The quantitative estimate of drug-likeness (QED) is 0.741. The van der Waals surface area contributed by atoms with Gasteiger partial charge in [0, 0.05) is 49.9 Å². The molecule has 3 fully saturated rings. The number of carbonyl (C=O) groups is 1. The van der Waals surface area contributed by atoms with Gasteiger partial charge >= 0.3 is 0 Å². The summed E-state index contributed by atoms with van der Waals surface area (Å²) in [6.45, 7) is 9.73. The molecule has 4 rings (SSSR count). The van der Waals surface area contributed by atoms with Crippen LogP contribution >= 0.6 is 0 Å². The number of hydrogen-bond donors (Lipinski definition) is 0. The molecule has 5 heteroatoms. The first-order chi connectivity index (χ1) is 13.5. The Hall–Kier alpha value is -1.49. The number of rotatable bonds is 6. The molecular formula is C23H36N4O.